The molecule has 2 fully saturated rings. The Balaban J connectivity index is 1.57. The minimum Gasteiger partial charge on any atom is -0.472 e. The summed E-state index contributed by atoms with van der Waals surface area (Å²) in [5, 5.41) is 0. The molecule has 0 radical (unpaired) electrons. The van der Waals surface area contributed by atoms with Crippen molar-refractivity contribution in [2.24, 2.45) is 0 Å². The number of carbonyl (C=O) groups excluding carboxylic acids is 1. The van der Waals surface area contributed by atoms with E-state index < -0.39 is 39.8 Å². The van der Waals surface area contributed by atoms with E-state index in [1.807, 2.05) is 6.92 Å². The van der Waals surface area contributed by atoms with E-state index >= 15 is 0 Å². The van der Waals surface area contributed by atoms with Crippen LogP contribution in [0.1, 0.15) is 50.6 Å². The number of pyridine rings is 1. The number of hydrogen-bond donors (Lipinski definition) is 1. The Labute approximate surface area is 191 Å². The number of nitrogens with zero attached hydrogens (tertiary/aromatic N) is 2. The van der Waals surface area contributed by atoms with E-state index in [9.17, 15) is 22.0 Å². The highest BCUT2D eigenvalue weighted by Crippen LogP contribution is 2.36. The molecule has 1 saturated heterocycles. The predicted molar refractivity (Wildman–Crippen MR) is 113 cm³/mol. The lowest BCUT2D eigenvalue weighted by Crippen LogP contribution is -2.50. The van der Waals surface area contributed by atoms with Crippen LogP contribution in [0.2, 0.25) is 0 Å². The number of nitrogens with one attached hydrogen (secondary N) is 1. The molecule has 1 saturated carbocycles. The molecule has 12 heteroatoms. The van der Waals surface area contributed by atoms with Gasteiger partial charge in [0, 0.05) is 24.1 Å². The van der Waals surface area contributed by atoms with E-state index in [1.54, 1.807) is 0 Å². The van der Waals surface area contributed by atoms with Crippen molar-refractivity contribution in [2.45, 2.75) is 69.2 Å². The molecule has 4 bridgehead atoms. The van der Waals surface area contributed by atoms with Gasteiger partial charge in [0.05, 0.1) is 30.7 Å². The first-order chi connectivity index (χ1) is 15.6. The molecule has 1 aromatic heterocycles. The first-order valence-corrected chi connectivity index (χ1v) is 13.0. The maximum Gasteiger partial charge on any atom is 0.410 e. The zero-order valence-corrected chi connectivity index (χ0v) is 19.4. The number of carbonyl (C=O) groups is 1. The van der Waals surface area contributed by atoms with Gasteiger partial charge in [0.25, 0.3) is 5.88 Å². The summed E-state index contributed by atoms with van der Waals surface area (Å²) in [6.07, 6.45) is 3.22. The van der Waals surface area contributed by atoms with Gasteiger partial charge in [-0.25, -0.2) is 31.7 Å². The molecule has 1 aliphatic carbocycles. The third-order valence-electron chi connectivity index (χ3n) is 6.50. The summed E-state index contributed by atoms with van der Waals surface area (Å²) in [5.74, 6) is -2.12. The molecule has 4 heterocycles. The second-order valence-corrected chi connectivity index (χ2v) is 10.7. The molecule has 1 N–H and O–H groups in total. The van der Waals surface area contributed by atoms with Crippen LogP contribution in [0.15, 0.2) is 6.07 Å². The van der Waals surface area contributed by atoms with Gasteiger partial charge in [-0.05, 0) is 39.0 Å². The molecule has 3 aliphatic heterocycles. The standard InChI is InChI=1S/C21H29F2N3O6S/c1-12-9-17(25-33(2,28)29)18-11-32-14-5-3-13(4-6-14)19-15(22)10-16(23)20(24-19)30-7-8-31-21(27)26(12)18/h10,12-14,17-18,25H,3-9,11H2,1-2H3. The van der Waals surface area contributed by atoms with E-state index in [2.05, 4.69) is 9.71 Å². The molecule has 1 amide bonds. The van der Waals surface area contributed by atoms with Gasteiger partial charge in [-0.3, -0.25) is 4.90 Å². The number of hydrogen-bond acceptors (Lipinski definition) is 7. The van der Waals surface area contributed by atoms with Crippen LogP contribution >= 0.6 is 0 Å². The highest BCUT2D eigenvalue weighted by Gasteiger charge is 2.44. The minimum atomic E-state index is -3.50. The van der Waals surface area contributed by atoms with Crippen molar-refractivity contribution in [3.05, 3.63) is 23.4 Å². The van der Waals surface area contributed by atoms with E-state index in [4.69, 9.17) is 14.2 Å². The largest absolute Gasteiger partial charge is 0.472 e. The summed E-state index contributed by atoms with van der Waals surface area (Å²) in [4.78, 5) is 18.4. The first-order valence-electron chi connectivity index (χ1n) is 11.1. The topological polar surface area (TPSA) is 107 Å². The van der Waals surface area contributed by atoms with Crippen LogP contribution in [0.4, 0.5) is 13.6 Å². The number of rotatable bonds is 2. The van der Waals surface area contributed by atoms with Crippen molar-refractivity contribution >= 4 is 16.1 Å². The molecule has 184 valence electrons. The fourth-order valence-electron chi connectivity index (χ4n) is 5.00. The number of sulfonamides is 1. The molecular weight excluding hydrogens is 460 g/mol. The molecule has 0 aromatic carbocycles. The van der Waals surface area contributed by atoms with Crippen molar-refractivity contribution < 1.29 is 36.2 Å². The fourth-order valence-corrected chi connectivity index (χ4v) is 5.81. The highest BCUT2D eigenvalue weighted by molar-refractivity contribution is 7.88. The zero-order valence-electron chi connectivity index (χ0n) is 18.6. The molecule has 9 nitrogen and oxygen atoms in total. The molecule has 5 rings (SSSR count). The maximum absolute atomic E-state index is 14.4. The Hall–Kier alpha value is -2.05. The SMILES string of the molecule is CC1CC(NS(C)(=O)=O)C2COC3CCC(CC3)c3nc(c(F)cc3F)OCCOC(=O)N12. The number of aromatic nitrogens is 1. The van der Waals surface area contributed by atoms with Crippen molar-refractivity contribution in [3.63, 3.8) is 0 Å². The summed E-state index contributed by atoms with van der Waals surface area (Å²) in [6.45, 7) is 1.62. The molecule has 3 atom stereocenters. The van der Waals surface area contributed by atoms with E-state index in [0.29, 0.717) is 32.1 Å². The monoisotopic (exact) mass is 489 g/mol. The Kier molecular flexibility index (Phi) is 7.06. The van der Waals surface area contributed by atoms with Gasteiger partial charge in [-0.1, -0.05) is 0 Å². The zero-order chi connectivity index (χ0) is 23.8. The molecule has 3 unspecified atom stereocenters. The Morgan fingerprint density at radius 2 is 1.82 bits per heavy atom. The Morgan fingerprint density at radius 3 is 2.52 bits per heavy atom. The summed E-state index contributed by atoms with van der Waals surface area (Å²) < 4.78 is 71.7. The van der Waals surface area contributed by atoms with Crippen LogP contribution in [0.5, 0.6) is 5.88 Å². The molecular formula is C21H29F2N3O6S. The van der Waals surface area contributed by atoms with Crippen molar-refractivity contribution in [3.8, 4) is 5.88 Å². The summed E-state index contributed by atoms with van der Waals surface area (Å²) in [6, 6.07) is -0.556. The van der Waals surface area contributed by atoms with E-state index in [1.165, 1.54) is 4.90 Å². The maximum atomic E-state index is 14.4. The number of fused-ring (bicyclic) bond motifs is 7. The van der Waals surface area contributed by atoms with Gasteiger partial charge < -0.3 is 14.2 Å². The normalized spacial score (nSPS) is 31.1. The van der Waals surface area contributed by atoms with Gasteiger partial charge in [-0.15, -0.1) is 0 Å². The van der Waals surface area contributed by atoms with Crippen LogP contribution in [0, 0.1) is 11.6 Å². The van der Waals surface area contributed by atoms with Gasteiger partial charge in [0.15, 0.2) is 5.82 Å². The summed E-state index contributed by atoms with van der Waals surface area (Å²) >= 11 is 0. The average Bonchev–Trinajstić information content (AvgIpc) is 3.03. The van der Waals surface area contributed by atoms with Crippen molar-refractivity contribution in [1.82, 2.24) is 14.6 Å². The lowest BCUT2D eigenvalue weighted by Gasteiger charge is -2.33. The second-order valence-electron chi connectivity index (χ2n) is 8.97. The third kappa shape index (κ3) is 5.55. The van der Waals surface area contributed by atoms with Gasteiger partial charge in [-0.2, -0.15) is 0 Å². The van der Waals surface area contributed by atoms with Crippen LogP contribution < -0.4 is 9.46 Å². The van der Waals surface area contributed by atoms with Gasteiger partial charge >= 0.3 is 6.09 Å². The quantitative estimate of drug-likeness (QED) is 0.679. The van der Waals surface area contributed by atoms with Gasteiger partial charge in [0.1, 0.15) is 19.0 Å². The average molecular weight is 490 g/mol. The lowest BCUT2D eigenvalue weighted by atomic mass is 9.84. The highest BCUT2D eigenvalue weighted by atomic mass is 32.2. The Bertz CT molecular complexity index is 986. The summed E-state index contributed by atoms with van der Waals surface area (Å²) in [5.41, 5.74) is 0.169. The van der Waals surface area contributed by atoms with Crippen LogP contribution in [-0.4, -0.2) is 74.7 Å². The summed E-state index contributed by atoms with van der Waals surface area (Å²) in [7, 11) is -3.50. The van der Waals surface area contributed by atoms with E-state index in [-0.39, 0.29) is 49.5 Å². The minimum absolute atomic E-state index is 0.124. The Morgan fingerprint density at radius 1 is 1.12 bits per heavy atom. The molecule has 1 aromatic rings. The van der Waals surface area contributed by atoms with Gasteiger partial charge in [0.2, 0.25) is 10.0 Å². The number of ether oxygens (including phenoxy) is 3. The van der Waals surface area contributed by atoms with Crippen molar-refractivity contribution in [1.29, 1.82) is 0 Å². The molecule has 4 aliphatic rings. The van der Waals surface area contributed by atoms with Crippen molar-refractivity contribution in [2.75, 3.05) is 26.1 Å². The molecule has 33 heavy (non-hydrogen) atoms. The first kappa shape index (κ1) is 24.1. The number of amides is 1. The third-order valence-corrected chi connectivity index (χ3v) is 7.23. The van der Waals surface area contributed by atoms with Crippen LogP contribution in [0.25, 0.3) is 0 Å². The van der Waals surface area contributed by atoms with E-state index in [0.717, 1.165) is 12.3 Å². The van der Waals surface area contributed by atoms with Crippen LogP contribution in [0.3, 0.4) is 0 Å². The predicted octanol–water partition coefficient (Wildman–Crippen LogP) is 2.31. The van der Waals surface area contributed by atoms with Crippen LogP contribution in [-0.2, 0) is 19.5 Å². The number of halogens is 2. The molecule has 0 spiro atoms. The second kappa shape index (κ2) is 9.67. The smallest absolute Gasteiger partial charge is 0.410 e. The fraction of sp³-hybridized carbons (Fsp3) is 0.714. The lowest BCUT2D eigenvalue weighted by molar-refractivity contribution is -0.0120.